The zero-order chi connectivity index (χ0) is 15.8. The van der Waals surface area contributed by atoms with Crippen LogP contribution in [0.3, 0.4) is 0 Å². The first-order valence-corrected chi connectivity index (χ1v) is 7.73. The van der Waals surface area contributed by atoms with Crippen LogP contribution in [0.25, 0.3) is 0 Å². The summed E-state index contributed by atoms with van der Waals surface area (Å²) >= 11 is 0. The van der Waals surface area contributed by atoms with Crippen molar-refractivity contribution in [3.05, 3.63) is 0 Å². The van der Waals surface area contributed by atoms with Gasteiger partial charge in [-0.3, -0.25) is 9.59 Å². The molecule has 124 valence electrons. The number of esters is 2. The molecule has 0 fully saturated rings. The molecule has 0 spiro atoms. The van der Waals surface area contributed by atoms with E-state index < -0.39 is 0 Å². The van der Waals surface area contributed by atoms with Gasteiger partial charge < -0.3 is 19.7 Å². The van der Waals surface area contributed by atoms with E-state index in [1.807, 2.05) is 0 Å². The van der Waals surface area contributed by atoms with Gasteiger partial charge in [-0.1, -0.05) is 12.8 Å². The third kappa shape index (κ3) is 15.1. The number of aliphatic hydroxyl groups excluding tert-OH is 2. The van der Waals surface area contributed by atoms with Crippen LogP contribution in [0.15, 0.2) is 0 Å². The lowest BCUT2D eigenvalue weighted by molar-refractivity contribution is -0.145. The number of aliphatic hydroxyl groups is 2. The normalized spacial score (nSPS) is 10.4. The Bertz CT molecular complexity index is 267. The number of hydrogen-bond acceptors (Lipinski definition) is 6. The number of ether oxygens (including phenoxy) is 2. The lowest BCUT2D eigenvalue weighted by Crippen LogP contribution is -2.07. The summed E-state index contributed by atoms with van der Waals surface area (Å²) in [5.41, 5.74) is 0. The molecule has 0 aliphatic rings. The zero-order valence-electron chi connectivity index (χ0n) is 12.7. The Kier molecular flexibility index (Phi) is 14.4. The zero-order valence-corrected chi connectivity index (χ0v) is 12.7. The van der Waals surface area contributed by atoms with Gasteiger partial charge in [-0.05, 0) is 25.7 Å². The number of carbonyl (C=O) groups is 2. The lowest BCUT2D eigenvalue weighted by atomic mass is 10.1. The first-order chi connectivity index (χ1) is 10.2. The maximum Gasteiger partial charge on any atom is 0.305 e. The molecule has 0 saturated heterocycles. The number of hydrogen-bond donors (Lipinski definition) is 2. The fraction of sp³-hybridized carbons (Fsp3) is 0.867. The summed E-state index contributed by atoms with van der Waals surface area (Å²) in [7, 11) is 0. The monoisotopic (exact) mass is 304 g/mol. The third-order valence-electron chi connectivity index (χ3n) is 2.89. The van der Waals surface area contributed by atoms with Crippen molar-refractivity contribution < 1.29 is 29.3 Å². The van der Waals surface area contributed by atoms with Crippen LogP contribution in [0.1, 0.15) is 57.8 Å². The molecule has 0 atom stereocenters. The van der Waals surface area contributed by atoms with Gasteiger partial charge in [0.1, 0.15) is 0 Å². The molecular formula is C15H28O6. The average molecular weight is 304 g/mol. The van der Waals surface area contributed by atoms with Crippen molar-refractivity contribution >= 4 is 11.9 Å². The van der Waals surface area contributed by atoms with Gasteiger partial charge in [-0.25, -0.2) is 0 Å². The highest BCUT2D eigenvalue weighted by molar-refractivity contribution is 5.69. The molecule has 0 aromatic carbocycles. The molecule has 2 N–H and O–H groups in total. The quantitative estimate of drug-likeness (QED) is 0.374. The van der Waals surface area contributed by atoms with Crippen molar-refractivity contribution in [2.75, 3.05) is 26.4 Å². The Balaban J connectivity index is 3.27. The smallest absolute Gasteiger partial charge is 0.305 e. The minimum absolute atomic E-state index is 0.0311. The molecule has 0 heterocycles. The molecule has 6 nitrogen and oxygen atoms in total. The Labute approximate surface area is 126 Å². The summed E-state index contributed by atoms with van der Waals surface area (Å²) in [6.45, 7) is 0.805. The number of rotatable bonds is 14. The third-order valence-corrected chi connectivity index (χ3v) is 2.89. The molecule has 0 radical (unpaired) electrons. The van der Waals surface area contributed by atoms with Gasteiger partial charge >= 0.3 is 11.9 Å². The second-order valence-corrected chi connectivity index (χ2v) is 4.86. The van der Waals surface area contributed by atoms with E-state index in [0.29, 0.717) is 38.7 Å². The molecule has 0 aromatic heterocycles. The lowest BCUT2D eigenvalue weighted by Gasteiger charge is -2.05. The van der Waals surface area contributed by atoms with Crippen LogP contribution in [0.4, 0.5) is 0 Å². The van der Waals surface area contributed by atoms with Crippen molar-refractivity contribution in [3.8, 4) is 0 Å². The van der Waals surface area contributed by atoms with Gasteiger partial charge in [-0.15, -0.1) is 0 Å². The Morgan fingerprint density at radius 2 is 1.10 bits per heavy atom. The summed E-state index contributed by atoms with van der Waals surface area (Å²) < 4.78 is 9.90. The maximum absolute atomic E-state index is 11.3. The molecule has 0 unspecified atom stereocenters. The highest BCUT2D eigenvalue weighted by Crippen LogP contribution is 2.07. The van der Waals surface area contributed by atoms with Crippen LogP contribution < -0.4 is 0 Å². The first-order valence-electron chi connectivity index (χ1n) is 7.73. The van der Waals surface area contributed by atoms with E-state index in [4.69, 9.17) is 19.7 Å². The van der Waals surface area contributed by atoms with E-state index in [1.165, 1.54) is 0 Å². The molecular weight excluding hydrogens is 276 g/mol. The largest absolute Gasteiger partial charge is 0.466 e. The van der Waals surface area contributed by atoms with Crippen LogP contribution in [0.2, 0.25) is 0 Å². The van der Waals surface area contributed by atoms with Gasteiger partial charge in [0.05, 0.1) is 13.2 Å². The van der Waals surface area contributed by atoms with E-state index in [-0.39, 0.29) is 31.8 Å². The summed E-state index contributed by atoms with van der Waals surface area (Å²) in [6, 6.07) is 0. The average Bonchev–Trinajstić information content (AvgIpc) is 2.47. The van der Waals surface area contributed by atoms with Crippen molar-refractivity contribution in [1.82, 2.24) is 0 Å². The van der Waals surface area contributed by atoms with Crippen molar-refractivity contribution in [3.63, 3.8) is 0 Å². The van der Waals surface area contributed by atoms with E-state index in [9.17, 15) is 9.59 Å². The number of carbonyl (C=O) groups excluding carboxylic acids is 2. The predicted octanol–water partition coefficient (Wildman–Crippen LogP) is 1.57. The summed E-state index contributed by atoms with van der Waals surface area (Å²) in [6.07, 6.45) is 5.90. The van der Waals surface area contributed by atoms with Crippen LogP contribution in [-0.4, -0.2) is 48.6 Å². The summed E-state index contributed by atoms with van der Waals surface area (Å²) in [5, 5.41) is 17.1. The highest BCUT2D eigenvalue weighted by Gasteiger charge is 2.04. The standard InChI is InChI=1S/C15H28O6/c16-10-5-6-12-20-14(18)8-3-1-2-4-9-15(19)21-13-7-11-17/h16-17H,1-13H2. The van der Waals surface area contributed by atoms with Crippen molar-refractivity contribution in [2.24, 2.45) is 0 Å². The van der Waals surface area contributed by atoms with Crippen molar-refractivity contribution in [1.29, 1.82) is 0 Å². The molecule has 0 aromatic rings. The van der Waals surface area contributed by atoms with E-state index in [1.54, 1.807) is 0 Å². The fourth-order valence-corrected chi connectivity index (χ4v) is 1.69. The number of unbranched alkanes of at least 4 members (excludes halogenated alkanes) is 4. The van der Waals surface area contributed by atoms with E-state index in [0.717, 1.165) is 25.7 Å². The molecule has 6 heteroatoms. The van der Waals surface area contributed by atoms with Crippen LogP contribution in [0, 0.1) is 0 Å². The maximum atomic E-state index is 11.3. The topological polar surface area (TPSA) is 93.1 Å². The summed E-state index contributed by atoms with van der Waals surface area (Å²) in [4.78, 5) is 22.5. The fourth-order valence-electron chi connectivity index (χ4n) is 1.69. The summed E-state index contributed by atoms with van der Waals surface area (Å²) in [5.74, 6) is -0.428. The minimum atomic E-state index is -0.230. The van der Waals surface area contributed by atoms with Gasteiger partial charge in [0.15, 0.2) is 0 Å². The molecule has 0 aliphatic carbocycles. The molecule has 0 bridgehead atoms. The first kappa shape index (κ1) is 19.9. The van der Waals surface area contributed by atoms with E-state index in [2.05, 4.69) is 0 Å². The minimum Gasteiger partial charge on any atom is -0.466 e. The van der Waals surface area contributed by atoms with E-state index >= 15 is 0 Å². The van der Waals surface area contributed by atoms with Gasteiger partial charge in [0.25, 0.3) is 0 Å². The van der Waals surface area contributed by atoms with Gasteiger partial charge in [0, 0.05) is 32.5 Å². The molecule has 0 aliphatic heterocycles. The highest BCUT2D eigenvalue weighted by atomic mass is 16.5. The SMILES string of the molecule is O=C(CCCCCCC(=O)OCCCCO)OCCCO. The molecule has 0 saturated carbocycles. The second-order valence-electron chi connectivity index (χ2n) is 4.86. The molecule has 21 heavy (non-hydrogen) atoms. The van der Waals surface area contributed by atoms with Crippen molar-refractivity contribution in [2.45, 2.75) is 57.8 Å². The van der Waals surface area contributed by atoms with Crippen LogP contribution in [-0.2, 0) is 19.1 Å². The van der Waals surface area contributed by atoms with Crippen LogP contribution >= 0.6 is 0 Å². The van der Waals surface area contributed by atoms with Gasteiger partial charge in [0.2, 0.25) is 0 Å². The Morgan fingerprint density at radius 3 is 1.57 bits per heavy atom. The molecule has 0 amide bonds. The Hall–Kier alpha value is -1.14. The Morgan fingerprint density at radius 1 is 0.619 bits per heavy atom. The second kappa shape index (κ2) is 15.3. The molecule has 0 rings (SSSR count). The van der Waals surface area contributed by atoms with Crippen LogP contribution in [0.5, 0.6) is 0 Å². The van der Waals surface area contributed by atoms with Gasteiger partial charge in [-0.2, -0.15) is 0 Å². The predicted molar refractivity (Wildman–Crippen MR) is 77.6 cm³/mol.